The molecule has 3 unspecified atom stereocenters. The van der Waals surface area contributed by atoms with Gasteiger partial charge in [-0.25, -0.2) is 0 Å². The summed E-state index contributed by atoms with van der Waals surface area (Å²) >= 11 is 0. The van der Waals surface area contributed by atoms with E-state index in [1.165, 1.54) is 18.4 Å². The number of primary amides is 1. The Bertz CT molecular complexity index is 600. The summed E-state index contributed by atoms with van der Waals surface area (Å²) in [6.45, 7) is 2.22. The fourth-order valence-electron chi connectivity index (χ4n) is 4.85. The molecule has 2 aliphatic heterocycles. The fraction of sp³-hybridized carbons (Fsp3) is 0.588. The van der Waals surface area contributed by atoms with E-state index in [1.54, 1.807) is 6.07 Å². The molecular formula is C17H22N2O2. The molecule has 1 spiro atoms. The van der Waals surface area contributed by atoms with Gasteiger partial charge in [0.05, 0.1) is 5.56 Å². The first-order valence-corrected chi connectivity index (χ1v) is 7.91. The quantitative estimate of drug-likeness (QED) is 0.858. The molecule has 1 saturated carbocycles. The highest BCUT2D eigenvalue weighted by Crippen LogP contribution is 2.57. The molecule has 4 nitrogen and oxygen atoms in total. The van der Waals surface area contributed by atoms with Crippen molar-refractivity contribution in [1.29, 1.82) is 0 Å². The van der Waals surface area contributed by atoms with Crippen molar-refractivity contribution in [2.45, 2.75) is 37.2 Å². The molecule has 2 heterocycles. The molecule has 3 aliphatic rings. The molecule has 1 saturated heterocycles. The maximum Gasteiger partial charge on any atom is 0.252 e. The summed E-state index contributed by atoms with van der Waals surface area (Å²) in [5, 5.41) is 0. The average molecular weight is 286 g/mol. The minimum absolute atomic E-state index is 0.103. The molecule has 0 bridgehead atoms. The second-order valence-corrected chi connectivity index (χ2v) is 6.83. The Morgan fingerprint density at radius 3 is 3.10 bits per heavy atom. The maximum atomic E-state index is 11.7. The molecule has 1 amide bonds. The van der Waals surface area contributed by atoms with Gasteiger partial charge in [-0.1, -0.05) is 12.1 Å². The largest absolute Gasteiger partial charge is 0.488 e. The Hall–Kier alpha value is -1.55. The molecule has 4 rings (SSSR count). The maximum absolute atomic E-state index is 11.7. The summed E-state index contributed by atoms with van der Waals surface area (Å²) in [4.78, 5) is 14.1. The number of carbonyl (C=O) groups is 1. The molecule has 2 N–H and O–H groups in total. The molecule has 4 heteroatoms. The van der Waals surface area contributed by atoms with Crippen molar-refractivity contribution in [2.24, 2.45) is 11.7 Å². The van der Waals surface area contributed by atoms with Gasteiger partial charge in [0.25, 0.3) is 5.91 Å². The van der Waals surface area contributed by atoms with Crippen LogP contribution in [-0.4, -0.2) is 37.0 Å². The lowest BCUT2D eigenvalue weighted by Crippen LogP contribution is -2.55. The van der Waals surface area contributed by atoms with Crippen LogP contribution in [0.25, 0.3) is 0 Å². The highest BCUT2D eigenvalue weighted by atomic mass is 16.5. The van der Waals surface area contributed by atoms with Gasteiger partial charge in [0.1, 0.15) is 11.9 Å². The predicted molar refractivity (Wildman–Crippen MR) is 80.5 cm³/mol. The van der Waals surface area contributed by atoms with E-state index in [2.05, 4.69) is 18.0 Å². The van der Waals surface area contributed by atoms with Crippen LogP contribution in [0.15, 0.2) is 18.2 Å². The van der Waals surface area contributed by atoms with Gasteiger partial charge >= 0.3 is 0 Å². The molecule has 1 aromatic rings. The van der Waals surface area contributed by atoms with Crippen LogP contribution in [0.3, 0.4) is 0 Å². The van der Waals surface area contributed by atoms with Crippen LogP contribution in [0.5, 0.6) is 5.75 Å². The van der Waals surface area contributed by atoms with E-state index in [1.807, 2.05) is 6.07 Å². The van der Waals surface area contributed by atoms with Gasteiger partial charge in [0, 0.05) is 17.5 Å². The van der Waals surface area contributed by atoms with Crippen molar-refractivity contribution in [1.82, 2.24) is 4.90 Å². The summed E-state index contributed by atoms with van der Waals surface area (Å²) in [5.41, 5.74) is 7.43. The molecule has 1 aromatic carbocycles. The number of likely N-dealkylation sites (tertiary alicyclic amines) is 1. The Morgan fingerprint density at radius 2 is 2.29 bits per heavy atom. The number of benzene rings is 1. The van der Waals surface area contributed by atoms with Crippen molar-refractivity contribution in [2.75, 3.05) is 20.1 Å². The van der Waals surface area contributed by atoms with Crippen LogP contribution >= 0.6 is 0 Å². The van der Waals surface area contributed by atoms with Gasteiger partial charge in [-0.3, -0.25) is 4.79 Å². The molecular weight excluding hydrogens is 264 g/mol. The number of carbonyl (C=O) groups excluding carboxylic acids is 1. The molecule has 0 aromatic heterocycles. The highest BCUT2D eigenvalue weighted by Gasteiger charge is 2.57. The van der Waals surface area contributed by atoms with Gasteiger partial charge in [-0.2, -0.15) is 0 Å². The first-order valence-electron chi connectivity index (χ1n) is 7.91. The topological polar surface area (TPSA) is 55.6 Å². The zero-order valence-corrected chi connectivity index (χ0v) is 12.5. The predicted octanol–water partition coefficient (Wildman–Crippen LogP) is 1.92. The lowest BCUT2D eigenvalue weighted by atomic mass is 9.58. The number of amides is 1. The molecule has 1 aliphatic carbocycles. The molecule has 21 heavy (non-hydrogen) atoms. The van der Waals surface area contributed by atoms with Gasteiger partial charge in [0.15, 0.2) is 0 Å². The Balaban J connectivity index is 1.87. The summed E-state index contributed by atoms with van der Waals surface area (Å²) in [6, 6.07) is 5.91. The molecule has 112 valence electrons. The first kappa shape index (κ1) is 13.1. The van der Waals surface area contributed by atoms with Gasteiger partial charge in [0.2, 0.25) is 0 Å². The molecule has 2 fully saturated rings. The van der Waals surface area contributed by atoms with Gasteiger partial charge < -0.3 is 15.4 Å². The Labute approximate surface area is 125 Å². The number of ether oxygens (including phenoxy) is 1. The van der Waals surface area contributed by atoms with Crippen LogP contribution in [0.1, 0.15) is 41.6 Å². The Morgan fingerprint density at radius 1 is 1.43 bits per heavy atom. The van der Waals surface area contributed by atoms with E-state index in [4.69, 9.17) is 10.5 Å². The summed E-state index contributed by atoms with van der Waals surface area (Å²) in [7, 11) is 2.20. The number of nitrogens with two attached hydrogens (primary N) is 1. The third kappa shape index (κ3) is 1.68. The number of piperidine rings is 1. The summed E-state index contributed by atoms with van der Waals surface area (Å²) in [5.74, 6) is 1.01. The number of hydrogen-bond acceptors (Lipinski definition) is 3. The van der Waals surface area contributed by atoms with Crippen molar-refractivity contribution < 1.29 is 9.53 Å². The van der Waals surface area contributed by atoms with Crippen LogP contribution < -0.4 is 10.5 Å². The zero-order valence-electron chi connectivity index (χ0n) is 12.5. The minimum atomic E-state index is -0.383. The van der Waals surface area contributed by atoms with E-state index in [0.717, 1.165) is 31.7 Å². The van der Waals surface area contributed by atoms with Crippen molar-refractivity contribution in [3.63, 3.8) is 0 Å². The third-order valence-electron chi connectivity index (χ3n) is 5.80. The summed E-state index contributed by atoms with van der Waals surface area (Å²) < 4.78 is 6.28. The van der Waals surface area contributed by atoms with E-state index in [0.29, 0.717) is 11.5 Å². The normalized spacial score (nSPS) is 34.5. The van der Waals surface area contributed by atoms with E-state index in [-0.39, 0.29) is 17.4 Å². The van der Waals surface area contributed by atoms with E-state index >= 15 is 0 Å². The van der Waals surface area contributed by atoms with Crippen LogP contribution in [0.2, 0.25) is 0 Å². The number of rotatable bonds is 1. The number of nitrogens with zero attached hydrogens (tertiary/aromatic N) is 1. The first-order chi connectivity index (χ1) is 10.1. The smallest absolute Gasteiger partial charge is 0.252 e. The SMILES string of the molecule is CN1CCC23c4cccc(C(N)=O)c4OC2CCCC3C1. The van der Waals surface area contributed by atoms with E-state index in [9.17, 15) is 4.79 Å². The van der Waals surface area contributed by atoms with Crippen LogP contribution in [0, 0.1) is 5.92 Å². The fourth-order valence-corrected chi connectivity index (χ4v) is 4.85. The van der Waals surface area contributed by atoms with Gasteiger partial charge in [-0.15, -0.1) is 0 Å². The monoisotopic (exact) mass is 286 g/mol. The van der Waals surface area contributed by atoms with Crippen molar-refractivity contribution >= 4 is 5.91 Å². The van der Waals surface area contributed by atoms with Crippen molar-refractivity contribution in [3.05, 3.63) is 29.3 Å². The van der Waals surface area contributed by atoms with Gasteiger partial charge in [-0.05, 0) is 51.3 Å². The molecule has 3 atom stereocenters. The second kappa shape index (κ2) is 4.47. The Kier molecular flexibility index (Phi) is 2.80. The lowest BCUT2D eigenvalue weighted by Gasteiger charge is -2.50. The number of para-hydroxylation sites is 1. The van der Waals surface area contributed by atoms with Crippen LogP contribution in [-0.2, 0) is 5.41 Å². The third-order valence-corrected chi connectivity index (χ3v) is 5.80. The average Bonchev–Trinajstić information content (AvgIpc) is 2.80. The summed E-state index contributed by atoms with van der Waals surface area (Å²) in [6.07, 6.45) is 4.90. The lowest BCUT2D eigenvalue weighted by molar-refractivity contribution is 0.000146. The van der Waals surface area contributed by atoms with Crippen LogP contribution in [0.4, 0.5) is 0 Å². The molecule has 0 radical (unpaired) electrons. The standard InChI is InChI=1S/C17H22N2O2/c1-19-9-8-17-11(10-19)4-2-7-14(17)21-15-12(16(18)20)5-3-6-13(15)17/h3,5-6,11,14H,2,4,7-10H2,1H3,(H2,18,20). The minimum Gasteiger partial charge on any atom is -0.488 e. The zero-order chi connectivity index (χ0) is 14.6. The van der Waals surface area contributed by atoms with E-state index < -0.39 is 0 Å². The highest BCUT2D eigenvalue weighted by molar-refractivity contribution is 5.96. The second-order valence-electron chi connectivity index (χ2n) is 6.83. The number of fused-ring (bicyclic) bond motifs is 1. The number of hydrogen-bond donors (Lipinski definition) is 1. The van der Waals surface area contributed by atoms with Crippen molar-refractivity contribution in [3.8, 4) is 5.75 Å².